The molecule has 0 radical (unpaired) electrons. The molecule has 0 aliphatic carbocycles. The number of ether oxygens (including phenoxy) is 1. The summed E-state index contributed by atoms with van der Waals surface area (Å²) >= 11 is 0. The second-order valence-corrected chi connectivity index (χ2v) is 17.3. The Morgan fingerprint density at radius 3 is 1.88 bits per heavy atom. The number of allylic oxidation sites excluding steroid dienone is 2. The third-order valence-electron chi connectivity index (χ3n) is 11.3. The summed E-state index contributed by atoms with van der Waals surface area (Å²) in [5, 5.41) is 36.9. The molecule has 25 nitrogen and oxygen atoms in total. The number of rotatable bonds is 18. The topological polar surface area (TPSA) is 416 Å². The molecular weight excluding hydrogens is 939 g/mol. The average molecular weight is 1010 g/mol. The highest BCUT2D eigenvalue weighted by Crippen LogP contribution is 2.18. The van der Waals surface area contributed by atoms with Gasteiger partial charge in [-0.3, -0.25) is 48.3 Å². The van der Waals surface area contributed by atoms with E-state index in [0.717, 1.165) is 5.56 Å². The fourth-order valence-electron chi connectivity index (χ4n) is 7.17. The summed E-state index contributed by atoms with van der Waals surface area (Å²) in [5.74, 6) is -11.7. The van der Waals surface area contributed by atoms with E-state index in [9.17, 15) is 53.4 Å². The van der Waals surface area contributed by atoms with Gasteiger partial charge in [0.25, 0.3) is 5.91 Å². The van der Waals surface area contributed by atoms with Crippen LogP contribution in [0.15, 0.2) is 76.4 Å². The molecule has 1 fully saturated rings. The van der Waals surface area contributed by atoms with Gasteiger partial charge >= 0.3 is 11.9 Å². The number of carboxylic acids is 2. The summed E-state index contributed by atoms with van der Waals surface area (Å²) in [5.41, 5.74) is 23.1. The number of hydrogen-bond donors (Lipinski definition) is 13. The lowest BCUT2D eigenvalue weighted by atomic mass is 9.94. The molecule has 2 unspecified atom stereocenters. The molecule has 1 aromatic carbocycles. The molecule has 0 spiro atoms. The van der Waals surface area contributed by atoms with Gasteiger partial charge in [-0.2, -0.15) is 0 Å². The number of benzene rings is 1. The largest absolute Gasteiger partial charge is 0.481 e. The van der Waals surface area contributed by atoms with Gasteiger partial charge < -0.3 is 75.1 Å². The lowest BCUT2D eigenvalue weighted by Gasteiger charge is -2.28. The zero-order chi connectivity index (χ0) is 54.1. The van der Waals surface area contributed by atoms with Gasteiger partial charge in [0.1, 0.15) is 30.2 Å². The van der Waals surface area contributed by atoms with Crippen LogP contribution in [0.1, 0.15) is 78.2 Å². The first-order valence-corrected chi connectivity index (χ1v) is 23.2. The fourth-order valence-corrected chi connectivity index (χ4v) is 7.17. The lowest BCUT2D eigenvalue weighted by molar-refractivity contribution is -0.143. The second-order valence-electron chi connectivity index (χ2n) is 17.3. The molecule has 0 saturated carbocycles. The highest BCUT2D eigenvalue weighted by Gasteiger charge is 2.34. The monoisotopic (exact) mass is 1010 g/mol. The first-order chi connectivity index (χ1) is 33.9. The number of guanidine groups is 2. The van der Waals surface area contributed by atoms with Crippen molar-refractivity contribution in [2.24, 2.45) is 44.8 Å². The van der Waals surface area contributed by atoms with Gasteiger partial charge in [-0.15, -0.1) is 0 Å². The van der Waals surface area contributed by atoms with E-state index in [2.05, 4.69) is 53.8 Å². The third-order valence-corrected chi connectivity index (χ3v) is 11.3. The quantitative estimate of drug-likeness (QED) is 0.0250. The fraction of sp³-hybridized carbons (Fsp3) is 0.511. The minimum Gasteiger partial charge on any atom is -0.481 e. The van der Waals surface area contributed by atoms with Crippen molar-refractivity contribution >= 4 is 65.2 Å². The summed E-state index contributed by atoms with van der Waals surface area (Å²) in [6.45, 7) is 9.87. The molecule has 0 aromatic heterocycles. The Morgan fingerprint density at radius 1 is 0.792 bits per heavy atom. The Bertz CT molecular complexity index is 2210. The molecule has 0 bridgehead atoms. The van der Waals surface area contributed by atoms with Gasteiger partial charge in [-0.05, 0) is 57.9 Å². The molecule has 1 aliphatic heterocycles. The number of hydrogen-bond acceptors (Lipinski definition) is 12. The van der Waals surface area contributed by atoms with Gasteiger partial charge in [0.05, 0.1) is 30.2 Å². The number of aliphatic imine (C=N–C) groups is 2. The van der Waals surface area contributed by atoms with Crippen LogP contribution >= 0.6 is 0 Å². The molecular formula is C47H71N13O12. The van der Waals surface area contributed by atoms with Crippen LogP contribution in [0.5, 0.6) is 0 Å². The minimum atomic E-state index is -1.85. The van der Waals surface area contributed by atoms with Crippen LogP contribution in [-0.2, 0) is 54.3 Å². The number of carbonyl (C=O) groups is 9. The third kappa shape index (κ3) is 22.3. The Labute approximate surface area is 417 Å². The summed E-state index contributed by atoms with van der Waals surface area (Å²) < 4.78 is 5.80. The molecule has 1 aliphatic rings. The Balaban J connectivity index is 2.73. The number of methoxy groups -OCH3 is 1. The number of amides is 7. The van der Waals surface area contributed by atoms with Gasteiger partial charge in [0.15, 0.2) is 11.9 Å². The number of nitrogens with zero attached hydrogens (tertiary/aromatic N) is 2. The van der Waals surface area contributed by atoms with Crippen molar-refractivity contribution < 1.29 is 58.1 Å². The molecule has 72 heavy (non-hydrogen) atoms. The zero-order valence-electron chi connectivity index (χ0n) is 41.3. The number of aliphatic carboxylic acids is 2. The Hall–Kier alpha value is -7.83. The number of carbonyl (C=O) groups excluding carboxylic acids is 7. The van der Waals surface area contributed by atoms with Crippen LogP contribution in [0, 0.1) is 11.8 Å². The molecule has 1 aromatic rings. The molecule has 396 valence electrons. The predicted molar refractivity (Wildman–Crippen MR) is 266 cm³/mol. The van der Waals surface area contributed by atoms with E-state index in [-0.39, 0.29) is 62.7 Å². The summed E-state index contributed by atoms with van der Waals surface area (Å²) in [4.78, 5) is 128. The van der Waals surface area contributed by atoms with E-state index >= 15 is 0 Å². The summed E-state index contributed by atoms with van der Waals surface area (Å²) in [7, 11) is 1.60. The number of carboxylic acid groups (broad SMARTS) is 2. The summed E-state index contributed by atoms with van der Waals surface area (Å²) in [6.07, 6.45) is 3.26. The van der Waals surface area contributed by atoms with E-state index < -0.39 is 120 Å². The van der Waals surface area contributed by atoms with Gasteiger partial charge in [0, 0.05) is 32.5 Å². The van der Waals surface area contributed by atoms with Crippen molar-refractivity contribution in [1.82, 2.24) is 37.2 Å². The molecule has 2 rings (SSSR count). The SMILES string of the molecule is C=C1NC(=O)CC[C@H](C(=O)O)NC(=O)[C@@H](C)C(/C=C/C(C)=C/[C@H](C)[C@H](Cc2ccccc2)OC)NC(=O)[C@H](CCCN=C(N)N)NC(=O)C(CC(=O)O)NC(=O)[C@H](CCCN=C(N)N)NC(=O)[C@@H](C)NC1=O. The van der Waals surface area contributed by atoms with Gasteiger partial charge in [-0.1, -0.05) is 74.6 Å². The van der Waals surface area contributed by atoms with Crippen LogP contribution in [0.3, 0.4) is 0 Å². The molecule has 1 saturated heterocycles. The molecule has 1 heterocycles. The van der Waals surface area contributed by atoms with Crippen molar-refractivity contribution in [2.75, 3.05) is 20.2 Å². The minimum absolute atomic E-state index is 0.00876. The van der Waals surface area contributed by atoms with Crippen LogP contribution in [0.4, 0.5) is 0 Å². The van der Waals surface area contributed by atoms with Crippen molar-refractivity contribution in [3.8, 4) is 0 Å². The molecule has 7 amide bonds. The maximum Gasteiger partial charge on any atom is 0.326 e. The Kier molecular flexibility index (Phi) is 25.7. The lowest BCUT2D eigenvalue weighted by Crippen LogP contribution is -2.59. The van der Waals surface area contributed by atoms with Crippen LogP contribution < -0.4 is 60.2 Å². The van der Waals surface area contributed by atoms with E-state index in [0.29, 0.717) is 12.0 Å². The van der Waals surface area contributed by atoms with E-state index in [1.54, 1.807) is 20.1 Å². The Morgan fingerprint density at radius 2 is 1.33 bits per heavy atom. The van der Waals surface area contributed by atoms with Crippen LogP contribution in [0.2, 0.25) is 0 Å². The van der Waals surface area contributed by atoms with Crippen LogP contribution in [-0.4, -0.2) is 138 Å². The van der Waals surface area contributed by atoms with Gasteiger partial charge in [-0.25, -0.2) is 4.79 Å². The maximum atomic E-state index is 14.4. The predicted octanol–water partition coefficient (Wildman–Crippen LogP) is -1.96. The van der Waals surface area contributed by atoms with Crippen molar-refractivity contribution in [3.05, 3.63) is 72.0 Å². The highest BCUT2D eigenvalue weighted by molar-refractivity contribution is 6.00. The molecule has 9 atom stereocenters. The van der Waals surface area contributed by atoms with Crippen molar-refractivity contribution in [1.29, 1.82) is 0 Å². The van der Waals surface area contributed by atoms with E-state index in [1.807, 2.05) is 43.3 Å². The first-order valence-electron chi connectivity index (χ1n) is 23.2. The van der Waals surface area contributed by atoms with Crippen LogP contribution in [0.25, 0.3) is 0 Å². The van der Waals surface area contributed by atoms with Crippen molar-refractivity contribution in [3.63, 3.8) is 0 Å². The standard InChI is InChI=1S/C47H71N13O12/c1-25(22-26(2)36(72-6)23-30-12-8-7-9-13-30)16-17-31-27(3)39(64)59-34(45(70)71)18-19-37(61)54-28(4)40(65)55-29(5)41(66)57-32(14-10-20-52-46(48)49)43(68)60-35(24-38(62)63)44(69)58-33(42(67)56-31)15-11-21-53-47(50)51/h7-9,12-13,16-17,22,26-27,29,31-36H,4,10-11,14-15,18-21,23-24H2,1-3,5-6H3,(H,54,61)(H,55,65)(H,56,67)(H,57,66)(H,58,69)(H,59,64)(H,60,68)(H,62,63)(H,70,71)(H4,48,49,52)(H4,50,51,53)/b17-16+,25-22+/t26-,27-,29+,31?,32-,33-,34+,35?,36-/m0/s1. The smallest absolute Gasteiger partial charge is 0.326 e. The summed E-state index contributed by atoms with van der Waals surface area (Å²) in [6, 6.07) is 0.642. The maximum absolute atomic E-state index is 14.4. The number of nitrogens with one attached hydrogen (secondary N) is 7. The second kappa shape index (κ2) is 30.7. The zero-order valence-corrected chi connectivity index (χ0v) is 41.3. The van der Waals surface area contributed by atoms with E-state index in [1.165, 1.54) is 19.9 Å². The van der Waals surface area contributed by atoms with Gasteiger partial charge in [0.2, 0.25) is 35.4 Å². The normalized spacial score (nSPS) is 23.6. The average Bonchev–Trinajstić information content (AvgIpc) is 3.31. The molecule has 17 N–H and O–H groups in total. The van der Waals surface area contributed by atoms with Crippen molar-refractivity contribution in [2.45, 2.75) is 121 Å². The van der Waals surface area contributed by atoms with E-state index in [4.69, 9.17) is 27.7 Å². The first kappa shape index (κ1) is 60.3. The number of nitrogens with two attached hydrogens (primary N) is 4. The highest BCUT2D eigenvalue weighted by atomic mass is 16.5. The molecule has 25 heteroatoms.